The number of hydrogen-bond acceptors (Lipinski definition) is 4. The molecule has 0 atom stereocenters. The topological polar surface area (TPSA) is 53.7 Å². The first-order chi connectivity index (χ1) is 14.1. The van der Waals surface area contributed by atoms with E-state index in [-0.39, 0.29) is 5.91 Å². The lowest BCUT2D eigenvalue weighted by Crippen LogP contribution is -2.48. The summed E-state index contributed by atoms with van der Waals surface area (Å²) in [5.74, 6) is -0.132. The van der Waals surface area contributed by atoms with Crippen LogP contribution in [0.15, 0.2) is 67.1 Å². The molecule has 0 saturated carbocycles. The summed E-state index contributed by atoms with van der Waals surface area (Å²) in [6.07, 6.45) is 6.05. The second-order valence-corrected chi connectivity index (χ2v) is 7.46. The van der Waals surface area contributed by atoms with Crippen LogP contribution in [-0.2, 0) is 6.42 Å². The maximum Gasteiger partial charge on any atom is 0.292 e. The number of anilines is 1. The highest BCUT2D eigenvalue weighted by Crippen LogP contribution is 2.32. The van der Waals surface area contributed by atoms with Crippen LogP contribution in [0.5, 0.6) is 0 Å². The van der Waals surface area contributed by atoms with E-state index in [2.05, 4.69) is 28.3 Å². The average Bonchev–Trinajstić information content (AvgIpc) is 3.17. The summed E-state index contributed by atoms with van der Waals surface area (Å²) in [5.41, 5.74) is 5.65. The third-order valence-electron chi connectivity index (χ3n) is 5.28. The zero-order valence-corrected chi connectivity index (χ0v) is 16.5. The number of nitrogens with zero attached hydrogens (tertiary/aromatic N) is 5. The molecule has 1 aliphatic heterocycles. The lowest BCUT2D eigenvalue weighted by molar-refractivity contribution is 0.0732. The number of benzene rings is 1. The van der Waals surface area contributed by atoms with Crippen molar-refractivity contribution in [2.75, 3.05) is 18.6 Å². The minimum Gasteiger partial charge on any atom is -0.285 e. The van der Waals surface area contributed by atoms with Crippen LogP contribution in [0.1, 0.15) is 16.1 Å². The van der Waals surface area contributed by atoms with Crippen molar-refractivity contribution in [1.29, 1.82) is 0 Å². The van der Waals surface area contributed by atoms with E-state index in [1.807, 2.05) is 30.3 Å². The first kappa shape index (κ1) is 17.7. The van der Waals surface area contributed by atoms with Gasteiger partial charge < -0.3 is 0 Å². The molecule has 1 aliphatic rings. The van der Waals surface area contributed by atoms with Crippen LogP contribution in [0, 0.1) is 0 Å². The van der Waals surface area contributed by atoms with Gasteiger partial charge in [0.05, 0.1) is 16.2 Å². The van der Waals surface area contributed by atoms with Gasteiger partial charge in [0.1, 0.15) is 0 Å². The molecule has 144 valence electrons. The molecule has 5 rings (SSSR count). The molecule has 0 bridgehead atoms. The molecule has 0 spiro atoms. The molecule has 29 heavy (non-hydrogen) atoms. The summed E-state index contributed by atoms with van der Waals surface area (Å²) < 4.78 is 1.63. The Kier molecular flexibility index (Phi) is 4.21. The minimum absolute atomic E-state index is 0.132. The average molecular weight is 404 g/mol. The molecule has 0 unspecified atom stereocenters. The Hall–Kier alpha value is -3.38. The Bertz CT molecular complexity index is 1220. The Labute approximate surface area is 172 Å². The van der Waals surface area contributed by atoms with Crippen LogP contribution in [0.25, 0.3) is 16.6 Å². The van der Waals surface area contributed by atoms with Gasteiger partial charge in [-0.2, -0.15) is 5.10 Å². The Morgan fingerprint density at radius 2 is 1.86 bits per heavy atom. The van der Waals surface area contributed by atoms with E-state index in [0.29, 0.717) is 17.3 Å². The predicted octanol–water partition coefficient (Wildman–Crippen LogP) is 4.10. The number of halogens is 1. The maximum absolute atomic E-state index is 13.2. The molecular formula is C22H18ClN5O. The quantitative estimate of drug-likeness (QED) is 0.505. The highest BCUT2D eigenvalue weighted by atomic mass is 35.5. The number of carbonyl (C=O) groups is 1. The summed E-state index contributed by atoms with van der Waals surface area (Å²) in [4.78, 5) is 17.3. The molecule has 7 heteroatoms. The van der Waals surface area contributed by atoms with E-state index < -0.39 is 0 Å². The maximum atomic E-state index is 13.2. The monoisotopic (exact) mass is 403 g/mol. The highest BCUT2D eigenvalue weighted by molar-refractivity contribution is 6.30. The molecular weight excluding hydrogens is 386 g/mol. The summed E-state index contributed by atoms with van der Waals surface area (Å²) >= 11 is 6.03. The molecule has 6 nitrogen and oxygen atoms in total. The smallest absolute Gasteiger partial charge is 0.285 e. The number of carbonyl (C=O) groups excluding carboxylic acids is 1. The summed E-state index contributed by atoms with van der Waals surface area (Å²) in [5, 5.41) is 8.65. The Balaban J connectivity index is 1.48. The predicted molar refractivity (Wildman–Crippen MR) is 113 cm³/mol. The van der Waals surface area contributed by atoms with Crippen LogP contribution in [0.2, 0.25) is 5.02 Å². The van der Waals surface area contributed by atoms with Crippen molar-refractivity contribution >= 4 is 28.7 Å². The van der Waals surface area contributed by atoms with Gasteiger partial charge in [0.25, 0.3) is 5.91 Å². The van der Waals surface area contributed by atoms with E-state index in [1.165, 1.54) is 5.56 Å². The standard InChI is InChI=1S/C22H18ClN5O/c1-26-21-12-17(15-6-9-24-10-7-15)3-2-16(21)8-11-28(26)22(29)20-13-19-5-4-18(23)14-27(19)25-20/h2-7,9-10,12-14H,8,11H2,1H3. The second-order valence-electron chi connectivity index (χ2n) is 7.03. The van der Waals surface area contributed by atoms with E-state index in [1.54, 1.807) is 40.2 Å². The molecule has 0 aliphatic carbocycles. The lowest BCUT2D eigenvalue weighted by atomic mass is 10.00. The van der Waals surface area contributed by atoms with Gasteiger partial charge in [0.15, 0.2) is 5.69 Å². The number of amides is 1. The first-order valence-electron chi connectivity index (χ1n) is 9.34. The zero-order chi connectivity index (χ0) is 20.0. The third-order valence-corrected chi connectivity index (χ3v) is 5.50. The van der Waals surface area contributed by atoms with Crippen molar-refractivity contribution in [3.05, 3.63) is 83.4 Å². The Morgan fingerprint density at radius 1 is 1.03 bits per heavy atom. The van der Waals surface area contributed by atoms with Crippen LogP contribution < -0.4 is 5.01 Å². The van der Waals surface area contributed by atoms with E-state index in [9.17, 15) is 4.79 Å². The molecule has 0 fully saturated rings. The number of fused-ring (bicyclic) bond motifs is 2. The van der Waals surface area contributed by atoms with Gasteiger partial charge in [-0.25, -0.2) is 9.52 Å². The molecule has 1 amide bonds. The molecule has 0 N–H and O–H groups in total. The minimum atomic E-state index is -0.132. The summed E-state index contributed by atoms with van der Waals surface area (Å²) in [7, 11) is 1.92. The first-order valence-corrected chi connectivity index (χ1v) is 9.72. The number of hydrazine groups is 1. The van der Waals surface area contributed by atoms with Gasteiger partial charge in [-0.1, -0.05) is 23.7 Å². The van der Waals surface area contributed by atoms with Crippen LogP contribution in [0.4, 0.5) is 5.69 Å². The van der Waals surface area contributed by atoms with Crippen molar-refractivity contribution in [2.45, 2.75) is 6.42 Å². The Morgan fingerprint density at radius 3 is 2.69 bits per heavy atom. The van der Waals surface area contributed by atoms with Crippen molar-refractivity contribution in [3.8, 4) is 11.1 Å². The fourth-order valence-electron chi connectivity index (χ4n) is 3.74. The highest BCUT2D eigenvalue weighted by Gasteiger charge is 2.28. The van der Waals surface area contributed by atoms with E-state index in [0.717, 1.165) is 28.8 Å². The fourth-order valence-corrected chi connectivity index (χ4v) is 3.90. The van der Waals surface area contributed by atoms with Crippen molar-refractivity contribution < 1.29 is 4.79 Å². The number of hydrogen-bond donors (Lipinski definition) is 0. The zero-order valence-electron chi connectivity index (χ0n) is 15.8. The molecule has 0 radical (unpaired) electrons. The van der Waals surface area contributed by atoms with Gasteiger partial charge in [-0.15, -0.1) is 0 Å². The van der Waals surface area contributed by atoms with Crippen LogP contribution in [-0.4, -0.2) is 39.1 Å². The second kappa shape index (κ2) is 6.90. The van der Waals surface area contributed by atoms with Crippen LogP contribution in [0.3, 0.4) is 0 Å². The molecule has 3 aromatic heterocycles. The van der Waals surface area contributed by atoms with Gasteiger partial charge in [0, 0.05) is 32.2 Å². The van der Waals surface area contributed by atoms with Crippen molar-refractivity contribution in [1.82, 2.24) is 19.6 Å². The fraction of sp³-hybridized carbons (Fsp3) is 0.136. The van der Waals surface area contributed by atoms with E-state index in [4.69, 9.17) is 11.6 Å². The van der Waals surface area contributed by atoms with Crippen LogP contribution >= 0.6 is 11.6 Å². The number of aromatic nitrogens is 3. The third kappa shape index (κ3) is 3.11. The lowest BCUT2D eigenvalue weighted by Gasteiger charge is -2.38. The number of pyridine rings is 2. The molecule has 4 heterocycles. The van der Waals surface area contributed by atoms with Gasteiger partial charge >= 0.3 is 0 Å². The van der Waals surface area contributed by atoms with Crippen molar-refractivity contribution in [3.63, 3.8) is 0 Å². The van der Waals surface area contributed by atoms with Gasteiger partial charge in [-0.3, -0.25) is 14.8 Å². The molecule has 0 saturated heterocycles. The van der Waals surface area contributed by atoms with Gasteiger partial charge in [0.2, 0.25) is 0 Å². The summed E-state index contributed by atoms with van der Waals surface area (Å²) in [6.45, 7) is 0.603. The van der Waals surface area contributed by atoms with E-state index >= 15 is 0 Å². The molecule has 1 aromatic carbocycles. The number of rotatable bonds is 2. The van der Waals surface area contributed by atoms with Gasteiger partial charge in [-0.05, 0) is 59.5 Å². The van der Waals surface area contributed by atoms with Crippen molar-refractivity contribution in [2.24, 2.45) is 0 Å². The SMILES string of the molecule is CN1c2cc(-c3ccncc3)ccc2CCN1C(=O)c1cc2ccc(Cl)cn2n1. The summed E-state index contributed by atoms with van der Waals surface area (Å²) in [6, 6.07) is 15.8. The largest absolute Gasteiger partial charge is 0.292 e. The molecule has 4 aromatic rings. The normalized spacial score (nSPS) is 13.6.